The molecule has 4 nitrogen and oxygen atoms in total. The van der Waals surface area contributed by atoms with Gasteiger partial charge in [-0.2, -0.15) is 0 Å². The fourth-order valence-corrected chi connectivity index (χ4v) is 2.81. The summed E-state index contributed by atoms with van der Waals surface area (Å²) < 4.78 is 26.3. The topological polar surface area (TPSA) is 50.3 Å². The van der Waals surface area contributed by atoms with Gasteiger partial charge in [0.25, 0.3) is 0 Å². The largest absolute Gasteiger partial charge is 0.289 e. The maximum absolute atomic E-state index is 13.5. The van der Waals surface area contributed by atoms with Crippen molar-refractivity contribution in [2.75, 3.05) is 11.4 Å². The normalized spacial score (nSPS) is 11.0. The van der Waals surface area contributed by atoms with Gasteiger partial charge in [0.15, 0.2) is 10.9 Å². The highest BCUT2D eigenvalue weighted by molar-refractivity contribution is 7.14. The lowest BCUT2D eigenvalue weighted by Crippen LogP contribution is -2.27. The number of benzene rings is 1. The molecule has 120 valence electrons. The predicted molar refractivity (Wildman–Crippen MR) is 85.5 cm³/mol. The number of ketones is 1. The lowest BCUT2D eigenvalue weighted by Gasteiger charge is -2.14. The van der Waals surface area contributed by atoms with Crippen LogP contribution in [-0.2, 0) is 4.79 Å². The van der Waals surface area contributed by atoms with Gasteiger partial charge in [-0.1, -0.05) is 0 Å². The van der Waals surface area contributed by atoms with Crippen LogP contribution < -0.4 is 4.90 Å². The Labute approximate surface area is 136 Å². The molecule has 23 heavy (non-hydrogen) atoms. The third-order valence-corrected chi connectivity index (χ3v) is 3.92. The molecule has 1 aromatic carbocycles. The molecule has 0 radical (unpaired) electrons. The first kappa shape index (κ1) is 17.0. The molecule has 0 unspecified atom stereocenters. The summed E-state index contributed by atoms with van der Waals surface area (Å²) in [6.07, 6.45) is 2.60. The van der Waals surface area contributed by atoms with E-state index in [1.165, 1.54) is 35.3 Å². The highest BCUT2D eigenvalue weighted by atomic mass is 32.1. The summed E-state index contributed by atoms with van der Waals surface area (Å²) in [6.45, 7) is 3.77. The van der Waals surface area contributed by atoms with Crippen LogP contribution in [-0.4, -0.2) is 23.2 Å². The smallest absolute Gasteiger partial charge is 0.225 e. The quantitative estimate of drug-likeness (QED) is 0.618. The van der Waals surface area contributed by atoms with Crippen molar-refractivity contribution in [2.45, 2.75) is 13.8 Å². The van der Waals surface area contributed by atoms with Gasteiger partial charge < -0.3 is 0 Å². The van der Waals surface area contributed by atoms with Crippen molar-refractivity contribution in [3.05, 3.63) is 52.5 Å². The second-order valence-corrected chi connectivity index (χ2v) is 5.48. The van der Waals surface area contributed by atoms with Crippen molar-refractivity contribution in [1.82, 2.24) is 4.98 Å². The van der Waals surface area contributed by atoms with Crippen LogP contribution in [0.5, 0.6) is 0 Å². The maximum Gasteiger partial charge on any atom is 0.225 e. The van der Waals surface area contributed by atoms with Gasteiger partial charge >= 0.3 is 0 Å². The van der Waals surface area contributed by atoms with Crippen molar-refractivity contribution >= 4 is 34.2 Å². The fourth-order valence-electron chi connectivity index (χ4n) is 1.91. The standard InChI is InChI=1S/C16H14F2N2O2S/c1-3-20(10(2)21)16-19-12(9-23-16)5-7-15(22)13-6-4-11(17)8-14(13)18/h4-9H,3H2,1-2H3/b7-5+. The summed E-state index contributed by atoms with van der Waals surface area (Å²) >= 11 is 1.27. The van der Waals surface area contributed by atoms with E-state index >= 15 is 0 Å². The third kappa shape index (κ3) is 4.07. The Bertz CT molecular complexity index is 771. The van der Waals surface area contributed by atoms with E-state index in [0.717, 1.165) is 12.1 Å². The number of amides is 1. The van der Waals surface area contributed by atoms with E-state index in [9.17, 15) is 18.4 Å². The summed E-state index contributed by atoms with van der Waals surface area (Å²) in [6, 6.07) is 2.78. The summed E-state index contributed by atoms with van der Waals surface area (Å²) in [5, 5.41) is 2.21. The van der Waals surface area contributed by atoms with Gasteiger partial charge in [-0.25, -0.2) is 13.8 Å². The van der Waals surface area contributed by atoms with Gasteiger partial charge in [-0.15, -0.1) is 11.3 Å². The number of nitrogens with zero attached hydrogens (tertiary/aromatic N) is 2. The number of halogens is 2. The molecule has 7 heteroatoms. The molecule has 1 aromatic heterocycles. The fraction of sp³-hybridized carbons (Fsp3) is 0.188. The number of hydrogen-bond acceptors (Lipinski definition) is 4. The predicted octanol–water partition coefficient (Wildman–Crippen LogP) is 3.69. The van der Waals surface area contributed by atoms with Crippen LogP contribution >= 0.6 is 11.3 Å². The Morgan fingerprint density at radius 2 is 2.09 bits per heavy atom. The highest BCUT2D eigenvalue weighted by Gasteiger charge is 2.13. The summed E-state index contributed by atoms with van der Waals surface area (Å²) in [7, 11) is 0. The molecule has 1 amide bonds. The van der Waals surface area contributed by atoms with Gasteiger partial charge in [0.2, 0.25) is 5.91 Å². The number of rotatable bonds is 5. The van der Waals surface area contributed by atoms with E-state index in [-0.39, 0.29) is 11.5 Å². The van der Waals surface area contributed by atoms with E-state index in [4.69, 9.17) is 0 Å². The average molecular weight is 336 g/mol. The number of carbonyl (C=O) groups is 2. The van der Waals surface area contributed by atoms with Crippen LogP contribution in [0.25, 0.3) is 6.08 Å². The van der Waals surface area contributed by atoms with Crippen LogP contribution in [0.4, 0.5) is 13.9 Å². The SMILES string of the molecule is CCN(C(C)=O)c1nc(/C=C/C(=O)c2ccc(F)cc2F)cs1. The minimum absolute atomic E-state index is 0.123. The number of aromatic nitrogens is 1. The van der Waals surface area contributed by atoms with Crippen LogP contribution in [0.3, 0.4) is 0 Å². The zero-order chi connectivity index (χ0) is 17.0. The van der Waals surface area contributed by atoms with E-state index in [2.05, 4.69) is 4.98 Å². The molecular formula is C16H14F2N2O2S. The van der Waals surface area contributed by atoms with Gasteiger partial charge in [0, 0.05) is 24.9 Å². The Kier molecular flexibility index (Phi) is 5.33. The maximum atomic E-state index is 13.5. The zero-order valence-electron chi connectivity index (χ0n) is 12.5. The van der Waals surface area contributed by atoms with E-state index in [0.29, 0.717) is 23.4 Å². The Morgan fingerprint density at radius 1 is 1.35 bits per heavy atom. The van der Waals surface area contributed by atoms with Gasteiger partial charge in [-0.05, 0) is 31.2 Å². The Balaban J connectivity index is 2.16. The second-order valence-electron chi connectivity index (χ2n) is 4.64. The zero-order valence-corrected chi connectivity index (χ0v) is 13.4. The lowest BCUT2D eigenvalue weighted by molar-refractivity contribution is -0.116. The minimum atomic E-state index is -0.910. The first-order valence-electron chi connectivity index (χ1n) is 6.83. The Morgan fingerprint density at radius 3 is 2.70 bits per heavy atom. The van der Waals surface area contributed by atoms with Crippen LogP contribution in [0, 0.1) is 11.6 Å². The number of allylic oxidation sites excluding steroid dienone is 1. The van der Waals surface area contributed by atoms with Gasteiger partial charge in [-0.3, -0.25) is 14.5 Å². The van der Waals surface area contributed by atoms with Crippen LogP contribution in [0.15, 0.2) is 29.7 Å². The Hall–Kier alpha value is -2.41. The number of thiazole rings is 1. The molecule has 0 fully saturated rings. The highest BCUT2D eigenvalue weighted by Crippen LogP contribution is 2.21. The number of hydrogen-bond donors (Lipinski definition) is 0. The molecule has 0 aliphatic carbocycles. The van der Waals surface area contributed by atoms with Crippen LogP contribution in [0.1, 0.15) is 29.9 Å². The van der Waals surface area contributed by atoms with E-state index < -0.39 is 17.4 Å². The second kappa shape index (κ2) is 7.23. The molecule has 0 aliphatic heterocycles. The molecule has 0 spiro atoms. The van der Waals surface area contributed by atoms with Crippen molar-refractivity contribution in [1.29, 1.82) is 0 Å². The molecule has 2 rings (SSSR count). The molecular weight excluding hydrogens is 322 g/mol. The first-order chi connectivity index (χ1) is 10.9. The summed E-state index contributed by atoms with van der Waals surface area (Å²) in [4.78, 5) is 29.1. The van der Waals surface area contributed by atoms with E-state index in [1.54, 1.807) is 5.38 Å². The molecule has 0 atom stereocenters. The van der Waals surface area contributed by atoms with E-state index in [1.807, 2.05) is 6.92 Å². The number of anilines is 1. The minimum Gasteiger partial charge on any atom is -0.289 e. The third-order valence-electron chi connectivity index (χ3n) is 3.04. The van der Waals surface area contributed by atoms with Crippen molar-refractivity contribution in [2.24, 2.45) is 0 Å². The van der Waals surface area contributed by atoms with Crippen molar-refractivity contribution in [3.8, 4) is 0 Å². The molecule has 0 saturated heterocycles. The molecule has 0 N–H and O–H groups in total. The lowest BCUT2D eigenvalue weighted by atomic mass is 10.1. The molecule has 2 aromatic rings. The van der Waals surface area contributed by atoms with Gasteiger partial charge in [0.1, 0.15) is 11.6 Å². The number of carbonyl (C=O) groups excluding carboxylic acids is 2. The van der Waals surface area contributed by atoms with Gasteiger partial charge in [0.05, 0.1) is 11.3 Å². The summed E-state index contributed by atoms with van der Waals surface area (Å²) in [5.74, 6) is -2.36. The average Bonchev–Trinajstić information content (AvgIpc) is 2.93. The molecule has 0 bridgehead atoms. The summed E-state index contributed by atoms with van der Waals surface area (Å²) in [5.41, 5.74) is 0.276. The first-order valence-corrected chi connectivity index (χ1v) is 7.71. The molecule has 1 heterocycles. The van der Waals surface area contributed by atoms with Crippen molar-refractivity contribution in [3.63, 3.8) is 0 Å². The van der Waals surface area contributed by atoms with Crippen LogP contribution in [0.2, 0.25) is 0 Å². The van der Waals surface area contributed by atoms with Crippen molar-refractivity contribution < 1.29 is 18.4 Å². The molecule has 0 aliphatic rings. The monoisotopic (exact) mass is 336 g/mol. The molecule has 0 saturated carbocycles.